The number of benzene rings is 1. The summed E-state index contributed by atoms with van der Waals surface area (Å²) in [5.74, 6) is -1.83. The van der Waals surface area contributed by atoms with Crippen LogP contribution in [-0.2, 0) is 11.3 Å². The molecule has 6 heteroatoms. The van der Waals surface area contributed by atoms with Crippen LogP contribution in [-0.4, -0.2) is 51.9 Å². The molecule has 0 bridgehead atoms. The minimum absolute atomic E-state index is 0.0403. The SMILES string of the molecule is O=C(O)CCN(CCCO)Cc1ccc(C(=O)O)cc1. The number of hydrogen-bond donors (Lipinski definition) is 3. The van der Waals surface area contributed by atoms with Gasteiger partial charge in [0.2, 0.25) is 0 Å². The van der Waals surface area contributed by atoms with E-state index < -0.39 is 11.9 Å². The van der Waals surface area contributed by atoms with Crippen molar-refractivity contribution >= 4 is 11.9 Å². The molecule has 0 atom stereocenters. The molecule has 3 N–H and O–H groups in total. The van der Waals surface area contributed by atoms with Crippen molar-refractivity contribution in [1.29, 1.82) is 0 Å². The first-order valence-corrected chi connectivity index (χ1v) is 6.40. The Bertz CT molecular complexity index is 443. The number of aliphatic hydroxyl groups excluding tert-OH is 1. The summed E-state index contributed by atoms with van der Waals surface area (Å²) in [6.07, 6.45) is 0.617. The van der Waals surface area contributed by atoms with Crippen molar-refractivity contribution in [2.45, 2.75) is 19.4 Å². The van der Waals surface area contributed by atoms with Gasteiger partial charge in [0.15, 0.2) is 0 Å². The predicted octanol–water partition coefficient (Wildman–Crippen LogP) is 1.04. The maximum absolute atomic E-state index is 10.7. The van der Waals surface area contributed by atoms with Crippen LogP contribution in [0.1, 0.15) is 28.8 Å². The molecule has 0 aliphatic carbocycles. The van der Waals surface area contributed by atoms with Gasteiger partial charge in [0.25, 0.3) is 0 Å². The number of carbonyl (C=O) groups is 2. The highest BCUT2D eigenvalue weighted by Crippen LogP contribution is 2.09. The lowest BCUT2D eigenvalue weighted by Crippen LogP contribution is -2.27. The van der Waals surface area contributed by atoms with Gasteiger partial charge in [-0.1, -0.05) is 12.1 Å². The Labute approximate surface area is 117 Å². The Morgan fingerprint density at radius 1 is 1.05 bits per heavy atom. The van der Waals surface area contributed by atoms with E-state index in [1.54, 1.807) is 12.1 Å². The van der Waals surface area contributed by atoms with Crippen molar-refractivity contribution in [2.75, 3.05) is 19.7 Å². The van der Waals surface area contributed by atoms with Crippen molar-refractivity contribution in [2.24, 2.45) is 0 Å². The smallest absolute Gasteiger partial charge is 0.335 e. The summed E-state index contributed by atoms with van der Waals surface area (Å²) in [5, 5.41) is 26.4. The van der Waals surface area contributed by atoms with Gasteiger partial charge in [-0.15, -0.1) is 0 Å². The molecule has 0 aliphatic heterocycles. The zero-order chi connectivity index (χ0) is 15.0. The fourth-order valence-corrected chi connectivity index (χ4v) is 1.83. The Balaban J connectivity index is 2.62. The van der Waals surface area contributed by atoms with Crippen LogP contribution in [0.2, 0.25) is 0 Å². The molecule has 1 aromatic carbocycles. The van der Waals surface area contributed by atoms with Crippen LogP contribution in [0, 0.1) is 0 Å². The summed E-state index contributed by atoms with van der Waals surface area (Å²) in [5.41, 5.74) is 1.14. The van der Waals surface area contributed by atoms with Gasteiger partial charge in [0.05, 0.1) is 12.0 Å². The fourth-order valence-electron chi connectivity index (χ4n) is 1.83. The number of nitrogens with zero attached hydrogens (tertiary/aromatic N) is 1. The van der Waals surface area contributed by atoms with Gasteiger partial charge in [-0.05, 0) is 24.1 Å². The zero-order valence-electron chi connectivity index (χ0n) is 11.2. The highest BCUT2D eigenvalue weighted by atomic mass is 16.4. The standard InChI is InChI=1S/C14H19NO5/c16-9-1-7-15(8-6-13(17)18)10-11-2-4-12(5-3-11)14(19)20/h2-5,16H,1,6-10H2,(H,17,18)(H,19,20). The molecule has 1 rings (SSSR count). The quantitative estimate of drug-likeness (QED) is 0.625. The van der Waals surface area contributed by atoms with Crippen molar-refractivity contribution in [3.8, 4) is 0 Å². The minimum Gasteiger partial charge on any atom is -0.481 e. The molecule has 0 saturated heterocycles. The highest BCUT2D eigenvalue weighted by Gasteiger charge is 2.09. The van der Waals surface area contributed by atoms with Crippen molar-refractivity contribution in [1.82, 2.24) is 4.90 Å². The maximum Gasteiger partial charge on any atom is 0.335 e. The third-order valence-electron chi connectivity index (χ3n) is 2.88. The molecule has 6 nitrogen and oxygen atoms in total. The largest absolute Gasteiger partial charge is 0.481 e. The van der Waals surface area contributed by atoms with Crippen molar-refractivity contribution in [3.63, 3.8) is 0 Å². The van der Waals surface area contributed by atoms with Gasteiger partial charge in [-0.3, -0.25) is 9.69 Å². The summed E-state index contributed by atoms with van der Waals surface area (Å²) < 4.78 is 0. The molecule has 1 aromatic rings. The van der Waals surface area contributed by atoms with Crippen LogP contribution >= 0.6 is 0 Å². The lowest BCUT2D eigenvalue weighted by Gasteiger charge is -2.21. The molecule has 0 amide bonds. The normalized spacial score (nSPS) is 10.7. The molecule has 110 valence electrons. The molecule has 0 fully saturated rings. The third kappa shape index (κ3) is 5.81. The minimum atomic E-state index is -0.973. The molecule has 20 heavy (non-hydrogen) atoms. The second-order valence-electron chi connectivity index (χ2n) is 4.50. The molecule has 0 spiro atoms. The van der Waals surface area contributed by atoms with Crippen molar-refractivity contribution < 1.29 is 24.9 Å². The Morgan fingerprint density at radius 2 is 1.70 bits per heavy atom. The predicted molar refractivity (Wildman–Crippen MR) is 72.6 cm³/mol. The first-order valence-electron chi connectivity index (χ1n) is 6.40. The summed E-state index contributed by atoms with van der Waals surface area (Å²) in [6.45, 7) is 1.59. The summed E-state index contributed by atoms with van der Waals surface area (Å²) in [6, 6.07) is 6.49. The number of aliphatic carboxylic acids is 1. The lowest BCUT2D eigenvalue weighted by atomic mass is 10.1. The van der Waals surface area contributed by atoms with E-state index in [9.17, 15) is 9.59 Å². The topological polar surface area (TPSA) is 98.1 Å². The monoisotopic (exact) mass is 281 g/mol. The third-order valence-corrected chi connectivity index (χ3v) is 2.88. The Hall–Kier alpha value is -1.92. The second kappa shape index (κ2) is 8.29. The number of hydrogen-bond acceptors (Lipinski definition) is 4. The van der Waals surface area contributed by atoms with Gasteiger partial charge in [0, 0.05) is 26.2 Å². The average Bonchev–Trinajstić information content (AvgIpc) is 2.42. The van der Waals surface area contributed by atoms with Crippen LogP contribution in [0.3, 0.4) is 0 Å². The van der Waals surface area contributed by atoms with Crippen LogP contribution < -0.4 is 0 Å². The molecular formula is C14H19NO5. The zero-order valence-corrected chi connectivity index (χ0v) is 11.2. The van der Waals surface area contributed by atoms with Crippen LogP contribution in [0.4, 0.5) is 0 Å². The van der Waals surface area contributed by atoms with Gasteiger partial charge in [-0.25, -0.2) is 4.79 Å². The average molecular weight is 281 g/mol. The number of aliphatic hydroxyl groups is 1. The Morgan fingerprint density at radius 3 is 2.20 bits per heavy atom. The second-order valence-corrected chi connectivity index (χ2v) is 4.50. The van der Waals surface area contributed by atoms with E-state index in [0.29, 0.717) is 26.1 Å². The van der Waals surface area contributed by atoms with Crippen LogP contribution in [0.5, 0.6) is 0 Å². The number of rotatable bonds is 9. The number of carboxylic acids is 2. The summed E-state index contributed by atoms with van der Waals surface area (Å²) >= 11 is 0. The van der Waals surface area contributed by atoms with E-state index >= 15 is 0 Å². The molecule has 0 unspecified atom stereocenters. The van der Waals surface area contributed by atoms with Gasteiger partial charge >= 0.3 is 11.9 Å². The maximum atomic E-state index is 10.7. The first-order chi connectivity index (χ1) is 9.52. The van der Waals surface area contributed by atoms with Crippen molar-refractivity contribution in [3.05, 3.63) is 35.4 Å². The summed E-state index contributed by atoms with van der Waals surface area (Å²) in [7, 11) is 0. The highest BCUT2D eigenvalue weighted by molar-refractivity contribution is 5.87. The molecular weight excluding hydrogens is 262 g/mol. The lowest BCUT2D eigenvalue weighted by molar-refractivity contribution is -0.137. The van der Waals surface area contributed by atoms with Gasteiger partial charge in [0.1, 0.15) is 0 Å². The van der Waals surface area contributed by atoms with E-state index in [4.69, 9.17) is 15.3 Å². The van der Waals surface area contributed by atoms with E-state index in [-0.39, 0.29) is 18.6 Å². The molecule has 0 radical (unpaired) electrons. The van der Waals surface area contributed by atoms with E-state index in [0.717, 1.165) is 5.56 Å². The van der Waals surface area contributed by atoms with Crippen LogP contribution in [0.25, 0.3) is 0 Å². The number of carboxylic acid groups (broad SMARTS) is 2. The first kappa shape index (κ1) is 16.1. The molecule has 0 heterocycles. The summed E-state index contributed by atoms with van der Waals surface area (Å²) in [4.78, 5) is 23.3. The van der Waals surface area contributed by atoms with E-state index in [2.05, 4.69) is 0 Å². The molecule has 0 aromatic heterocycles. The van der Waals surface area contributed by atoms with Crippen LogP contribution in [0.15, 0.2) is 24.3 Å². The van der Waals surface area contributed by atoms with E-state index in [1.807, 2.05) is 4.90 Å². The molecule has 0 saturated carbocycles. The van der Waals surface area contributed by atoms with Gasteiger partial charge in [-0.2, -0.15) is 0 Å². The Kier molecular flexibility index (Phi) is 6.69. The van der Waals surface area contributed by atoms with Gasteiger partial charge < -0.3 is 15.3 Å². The molecule has 0 aliphatic rings. The number of aromatic carboxylic acids is 1. The fraction of sp³-hybridized carbons (Fsp3) is 0.429. The van der Waals surface area contributed by atoms with E-state index in [1.165, 1.54) is 12.1 Å².